The highest BCUT2D eigenvalue weighted by atomic mass is 35.5. The minimum Gasteiger partial charge on any atom is -0.344 e. The van der Waals surface area contributed by atoms with E-state index in [0.29, 0.717) is 29.6 Å². The number of carbonyl (C=O) groups excluding carboxylic acids is 2. The van der Waals surface area contributed by atoms with E-state index in [0.717, 1.165) is 27.5 Å². The van der Waals surface area contributed by atoms with Gasteiger partial charge in [0, 0.05) is 25.9 Å². The monoisotopic (exact) mass is 440 g/mol. The average molecular weight is 441 g/mol. The molecule has 0 unspecified atom stereocenters. The molecule has 0 aliphatic carbocycles. The van der Waals surface area contributed by atoms with Gasteiger partial charge >= 0.3 is 0 Å². The van der Waals surface area contributed by atoms with Crippen LogP contribution in [-0.4, -0.2) is 29.3 Å². The second-order valence-corrected chi connectivity index (χ2v) is 8.48. The molecule has 3 aromatic carbocycles. The molecule has 1 aliphatic heterocycles. The lowest BCUT2D eigenvalue weighted by Gasteiger charge is -2.25. The number of halogens is 2. The summed E-state index contributed by atoms with van der Waals surface area (Å²) in [5.41, 5.74) is 3.10. The number of hydrogen-bond donors (Lipinski definition) is 1. The largest absolute Gasteiger partial charge is 0.344 e. The van der Waals surface area contributed by atoms with Gasteiger partial charge in [-0.05, 0) is 46.5 Å². The summed E-state index contributed by atoms with van der Waals surface area (Å²) in [6.07, 6.45) is 0.653. The first-order valence-electron chi connectivity index (χ1n) is 9.91. The highest BCUT2D eigenvalue weighted by molar-refractivity contribution is 6.42. The summed E-state index contributed by atoms with van der Waals surface area (Å²) in [5.74, 6) is -0.204. The van der Waals surface area contributed by atoms with Crippen molar-refractivity contribution in [3.8, 4) is 0 Å². The molecule has 154 valence electrons. The molecule has 0 aromatic heterocycles. The first-order chi connectivity index (χ1) is 14.4. The SMILES string of the molecule is Cc1ccc2ccccc2c1CN1CCC(=O)N[C@@H](Cc2ccc(Cl)c(Cl)c2)C1=O. The number of nitrogens with one attached hydrogen (secondary N) is 1. The lowest BCUT2D eigenvalue weighted by Crippen LogP contribution is -2.45. The Bertz CT molecular complexity index is 1130. The number of aryl methyl sites for hydroxylation is 1. The fourth-order valence-corrected chi connectivity index (χ4v) is 4.26. The first kappa shape index (κ1) is 20.7. The maximum absolute atomic E-state index is 13.4. The number of amides is 2. The maximum Gasteiger partial charge on any atom is 0.245 e. The first-order valence-corrected chi connectivity index (χ1v) is 10.7. The summed E-state index contributed by atoms with van der Waals surface area (Å²) in [7, 11) is 0. The Morgan fingerprint density at radius 2 is 1.83 bits per heavy atom. The number of fused-ring (bicyclic) bond motifs is 1. The van der Waals surface area contributed by atoms with Gasteiger partial charge in [0.2, 0.25) is 11.8 Å². The van der Waals surface area contributed by atoms with E-state index in [1.807, 2.05) is 18.2 Å². The van der Waals surface area contributed by atoms with Gasteiger partial charge in [-0.25, -0.2) is 0 Å². The molecular formula is C24H22Cl2N2O2. The summed E-state index contributed by atoms with van der Waals surface area (Å²) < 4.78 is 0. The van der Waals surface area contributed by atoms with E-state index in [4.69, 9.17) is 23.2 Å². The van der Waals surface area contributed by atoms with Gasteiger partial charge in [-0.1, -0.05) is 65.7 Å². The van der Waals surface area contributed by atoms with Crippen molar-refractivity contribution in [2.24, 2.45) is 0 Å². The Hall–Kier alpha value is -2.56. The van der Waals surface area contributed by atoms with Crippen LogP contribution in [0.25, 0.3) is 10.8 Å². The van der Waals surface area contributed by atoms with Gasteiger partial charge in [0.25, 0.3) is 0 Å². The maximum atomic E-state index is 13.4. The highest BCUT2D eigenvalue weighted by Gasteiger charge is 2.30. The number of nitrogens with zero attached hydrogens (tertiary/aromatic N) is 1. The second kappa shape index (κ2) is 8.66. The third-order valence-electron chi connectivity index (χ3n) is 5.60. The fourth-order valence-electron chi connectivity index (χ4n) is 3.94. The van der Waals surface area contributed by atoms with Crippen LogP contribution >= 0.6 is 23.2 Å². The Balaban J connectivity index is 1.62. The summed E-state index contributed by atoms with van der Waals surface area (Å²) in [5, 5.41) is 6.05. The van der Waals surface area contributed by atoms with Crippen LogP contribution in [-0.2, 0) is 22.6 Å². The van der Waals surface area contributed by atoms with Crippen molar-refractivity contribution in [3.63, 3.8) is 0 Å². The number of benzene rings is 3. The van der Waals surface area contributed by atoms with Crippen LogP contribution in [0.1, 0.15) is 23.1 Å². The quantitative estimate of drug-likeness (QED) is 0.625. The predicted molar refractivity (Wildman–Crippen MR) is 121 cm³/mol. The molecular weight excluding hydrogens is 419 g/mol. The van der Waals surface area contributed by atoms with Gasteiger partial charge in [0.15, 0.2) is 0 Å². The molecule has 2 amide bonds. The van der Waals surface area contributed by atoms with E-state index in [9.17, 15) is 9.59 Å². The highest BCUT2D eigenvalue weighted by Crippen LogP contribution is 2.26. The van der Waals surface area contributed by atoms with Crippen molar-refractivity contribution >= 4 is 45.8 Å². The Morgan fingerprint density at radius 3 is 2.63 bits per heavy atom. The number of rotatable bonds is 4. The van der Waals surface area contributed by atoms with Gasteiger partial charge in [-0.3, -0.25) is 9.59 Å². The Kier molecular flexibility index (Phi) is 5.98. The van der Waals surface area contributed by atoms with Crippen LogP contribution in [0.3, 0.4) is 0 Å². The predicted octanol–water partition coefficient (Wildman–Crippen LogP) is 4.91. The lowest BCUT2D eigenvalue weighted by atomic mass is 9.98. The molecule has 1 fully saturated rings. The molecule has 3 aromatic rings. The van der Waals surface area contributed by atoms with Gasteiger partial charge in [0.05, 0.1) is 10.0 Å². The van der Waals surface area contributed by atoms with E-state index < -0.39 is 6.04 Å². The number of hydrogen-bond acceptors (Lipinski definition) is 2. The molecule has 0 radical (unpaired) electrons. The van der Waals surface area contributed by atoms with Gasteiger partial charge in [-0.2, -0.15) is 0 Å². The van der Waals surface area contributed by atoms with Gasteiger partial charge in [0.1, 0.15) is 6.04 Å². The zero-order valence-corrected chi connectivity index (χ0v) is 18.1. The molecule has 1 heterocycles. The minimum atomic E-state index is -0.632. The second-order valence-electron chi connectivity index (χ2n) is 7.66. The molecule has 30 heavy (non-hydrogen) atoms. The molecule has 0 bridgehead atoms. The van der Waals surface area contributed by atoms with E-state index in [1.165, 1.54) is 0 Å². The van der Waals surface area contributed by atoms with E-state index in [2.05, 4.69) is 36.5 Å². The van der Waals surface area contributed by atoms with Crippen LogP contribution in [0.4, 0.5) is 0 Å². The minimum absolute atomic E-state index is 0.0840. The van der Waals surface area contributed by atoms with Crippen molar-refractivity contribution in [1.29, 1.82) is 0 Å². The van der Waals surface area contributed by atoms with Gasteiger partial charge < -0.3 is 10.2 Å². The molecule has 1 saturated heterocycles. The van der Waals surface area contributed by atoms with Crippen LogP contribution in [0.2, 0.25) is 10.0 Å². The van der Waals surface area contributed by atoms with E-state index >= 15 is 0 Å². The standard InChI is InChI=1S/C24H22Cl2N2O2/c1-15-6-8-17-4-2-3-5-18(17)19(15)14-28-11-10-23(29)27-22(24(28)30)13-16-7-9-20(25)21(26)12-16/h2-9,12,22H,10-11,13-14H2,1H3,(H,27,29)/t22-/m0/s1. The molecule has 1 atom stereocenters. The topological polar surface area (TPSA) is 49.4 Å². The lowest BCUT2D eigenvalue weighted by molar-refractivity contribution is -0.134. The molecule has 6 heteroatoms. The van der Waals surface area contributed by atoms with Crippen molar-refractivity contribution in [2.45, 2.75) is 32.4 Å². The molecule has 4 rings (SSSR count). The third-order valence-corrected chi connectivity index (χ3v) is 6.34. The van der Waals surface area contributed by atoms with Crippen LogP contribution in [0.15, 0.2) is 54.6 Å². The van der Waals surface area contributed by atoms with Crippen molar-refractivity contribution in [2.75, 3.05) is 6.54 Å². The van der Waals surface area contributed by atoms with E-state index in [1.54, 1.807) is 17.0 Å². The normalized spacial score (nSPS) is 17.2. The zero-order chi connectivity index (χ0) is 21.3. The molecule has 1 N–H and O–H groups in total. The number of carbonyl (C=O) groups is 2. The Morgan fingerprint density at radius 1 is 1.03 bits per heavy atom. The summed E-state index contributed by atoms with van der Waals surface area (Å²) in [6.45, 7) is 2.92. The molecule has 4 nitrogen and oxygen atoms in total. The molecule has 0 spiro atoms. The average Bonchev–Trinajstić information content (AvgIpc) is 2.86. The molecule has 1 aliphatic rings. The van der Waals surface area contributed by atoms with Crippen LogP contribution in [0.5, 0.6) is 0 Å². The van der Waals surface area contributed by atoms with Gasteiger partial charge in [-0.15, -0.1) is 0 Å². The summed E-state index contributed by atoms with van der Waals surface area (Å²) in [6, 6.07) is 17.0. The van der Waals surface area contributed by atoms with Crippen LogP contribution in [0, 0.1) is 6.92 Å². The van der Waals surface area contributed by atoms with Crippen LogP contribution < -0.4 is 5.32 Å². The van der Waals surface area contributed by atoms with Crippen molar-refractivity contribution in [3.05, 3.63) is 81.3 Å². The zero-order valence-electron chi connectivity index (χ0n) is 16.6. The molecule has 0 saturated carbocycles. The van der Waals surface area contributed by atoms with E-state index in [-0.39, 0.29) is 18.2 Å². The summed E-state index contributed by atoms with van der Waals surface area (Å²) >= 11 is 12.1. The summed E-state index contributed by atoms with van der Waals surface area (Å²) in [4.78, 5) is 27.4. The van der Waals surface area contributed by atoms with Crippen molar-refractivity contribution < 1.29 is 9.59 Å². The fraction of sp³-hybridized carbons (Fsp3) is 0.250. The third kappa shape index (κ3) is 4.30. The smallest absolute Gasteiger partial charge is 0.245 e. The van der Waals surface area contributed by atoms with Crippen molar-refractivity contribution in [1.82, 2.24) is 10.2 Å². The Labute approximate surface area is 185 Å².